The van der Waals surface area contributed by atoms with Crippen molar-refractivity contribution < 1.29 is 5.11 Å². The molecule has 1 unspecified atom stereocenters. The first kappa shape index (κ1) is 8.64. The van der Waals surface area contributed by atoms with Gasteiger partial charge in [0.15, 0.2) is 0 Å². The number of aliphatic hydroxyl groups is 1. The van der Waals surface area contributed by atoms with Crippen molar-refractivity contribution in [3.63, 3.8) is 0 Å². The Kier molecular flexibility index (Phi) is 3.48. The first-order chi connectivity index (χ1) is 5.33. The summed E-state index contributed by atoms with van der Waals surface area (Å²) in [6, 6.07) is 0. The zero-order chi connectivity index (χ0) is 8.10. The Labute approximate surface area is 69.9 Å². The zero-order valence-electron chi connectivity index (χ0n) is 6.23. The Bertz CT molecular complexity index is 188. The van der Waals surface area contributed by atoms with Crippen LogP contribution >= 0.6 is 11.3 Å². The quantitative estimate of drug-likeness (QED) is 0.691. The maximum atomic E-state index is 9.31. The number of nitrogens with zero attached hydrogens (tertiary/aromatic N) is 1. The summed E-state index contributed by atoms with van der Waals surface area (Å²) in [5.41, 5.74) is 5.28. The Hall–Kier alpha value is -0.450. The second kappa shape index (κ2) is 4.43. The smallest absolute Gasteiger partial charge is 0.0950 e. The summed E-state index contributed by atoms with van der Waals surface area (Å²) >= 11 is 1.57. The molecule has 1 aromatic rings. The van der Waals surface area contributed by atoms with Gasteiger partial charge in [0.25, 0.3) is 0 Å². The lowest BCUT2D eigenvalue weighted by Crippen LogP contribution is -2.15. The van der Waals surface area contributed by atoms with Crippen LogP contribution in [0.1, 0.15) is 11.4 Å². The molecule has 1 atom stereocenters. The van der Waals surface area contributed by atoms with Crippen molar-refractivity contribution in [1.82, 2.24) is 4.98 Å². The molecule has 0 aliphatic carbocycles. The van der Waals surface area contributed by atoms with Gasteiger partial charge in [0, 0.05) is 18.0 Å². The molecule has 3 N–H and O–H groups in total. The third-order valence-corrected chi connectivity index (χ3v) is 2.20. The van der Waals surface area contributed by atoms with E-state index in [1.807, 2.05) is 5.38 Å². The standard InChI is InChI=1S/C7H12N2OS/c8-2-1-6(10)5-7-9-3-4-11-7/h3-4,6,10H,1-2,5,8H2. The average Bonchev–Trinajstić information content (AvgIpc) is 2.40. The summed E-state index contributed by atoms with van der Waals surface area (Å²) in [5, 5.41) is 12.2. The monoisotopic (exact) mass is 172 g/mol. The highest BCUT2D eigenvalue weighted by molar-refractivity contribution is 7.09. The number of aliphatic hydroxyl groups excluding tert-OH is 1. The highest BCUT2D eigenvalue weighted by atomic mass is 32.1. The fourth-order valence-electron chi connectivity index (χ4n) is 0.850. The molecule has 0 aliphatic rings. The van der Waals surface area contributed by atoms with Crippen LogP contribution in [0.5, 0.6) is 0 Å². The van der Waals surface area contributed by atoms with Crippen molar-refractivity contribution in [2.24, 2.45) is 5.73 Å². The predicted molar refractivity (Wildman–Crippen MR) is 45.5 cm³/mol. The van der Waals surface area contributed by atoms with Gasteiger partial charge in [-0.2, -0.15) is 0 Å². The van der Waals surface area contributed by atoms with Gasteiger partial charge in [-0.3, -0.25) is 0 Å². The van der Waals surface area contributed by atoms with Gasteiger partial charge in [-0.15, -0.1) is 11.3 Å². The van der Waals surface area contributed by atoms with Crippen LogP contribution in [0.2, 0.25) is 0 Å². The molecule has 0 spiro atoms. The average molecular weight is 172 g/mol. The first-order valence-electron chi connectivity index (χ1n) is 3.59. The molecule has 0 saturated carbocycles. The molecule has 0 fully saturated rings. The van der Waals surface area contributed by atoms with Crippen LogP contribution in [0.4, 0.5) is 0 Å². The number of thiazole rings is 1. The van der Waals surface area contributed by atoms with Crippen LogP contribution in [-0.2, 0) is 6.42 Å². The van der Waals surface area contributed by atoms with Crippen LogP contribution < -0.4 is 5.73 Å². The minimum absolute atomic E-state index is 0.328. The minimum atomic E-state index is -0.328. The second-order valence-electron chi connectivity index (χ2n) is 2.36. The normalized spacial score (nSPS) is 13.3. The number of rotatable bonds is 4. The summed E-state index contributed by atoms with van der Waals surface area (Å²) in [6.45, 7) is 0.534. The molecule has 0 radical (unpaired) electrons. The van der Waals surface area contributed by atoms with E-state index in [0.29, 0.717) is 19.4 Å². The maximum Gasteiger partial charge on any atom is 0.0950 e. The van der Waals surface area contributed by atoms with Crippen LogP contribution in [0.15, 0.2) is 11.6 Å². The van der Waals surface area contributed by atoms with Gasteiger partial charge in [-0.05, 0) is 13.0 Å². The molecule has 0 amide bonds. The Morgan fingerprint density at radius 1 is 1.73 bits per heavy atom. The second-order valence-corrected chi connectivity index (χ2v) is 3.34. The third-order valence-electron chi connectivity index (χ3n) is 1.39. The lowest BCUT2D eigenvalue weighted by molar-refractivity contribution is 0.167. The van der Waals surface area contributed by atoms with Crippen molar-refractivity contribution in [1.29, 1.82) is 0 Å². The molecule has 1 rings (SSSR count). The number of aromatic nitrogens is 1. The zero-order valence-corrected chi connectivity index (χ0v) is 7.05. The fourth-order valence-corrected chi connectivity index (χ4v) is 1.54. The molecule has 3 nitrogen and oxygen atoms in total. The Balaban J connectivity index is 2.31. The van der Waals surface area contributed by atoms with Gasteiger partial charge in [-0.1, -0.05) is 0 Å². The van der Waals surface area contributed by atoms with Crippen LogP contribution in [-0.4, -0.2) is 22.7 Å². The third kappa shape index (κ3) is 2.96. The van der Waals surface area contributed by atoms with Gasteiger partial charge < -0.3 is 10.8 Å². The van der Waals surface area contributed by atoms with Crippen LogP contribution in [0.25, 0.3) is 0 Å². The highest BCUT2D eigenvalue weighted by Gasteiger charge is 2.05. The molecule has 0 aliphatic heterocycles. The molecule has 62 valence electrons. The summed E-state index contributed by atoms with van der Waals surface area (Å²) in [4.78, 5) is 4.06. The predicted octanol–water partition coefficient (Wildman–Crippen LogP) is 0.395. The van der Waals surface area contributed by atoms with Crippen molar-refractivity contribution in [3.05, 3.63) is 16.6 Å². The van der Waals surface area contributed by atoms with E-state index in [1.54, 1.807) is 17.5 Å². The van der Waals surface area contributed by atoms with E-state index in [1.165, 1.54) is 0 Å². The molecule has 0 bridgehead atoms. The lowest BCUT2D eigenvalue weighted by atomic mass is 10.2. The molecule has 0 aromatic carbocycles. The van der Waals surface area contributed by atoms with E-state index in [9.17, 15) is 5.11 Å². The summed E-state index contributed by atoms with van der Waals surface area (Å²) in [7, 11) is 0. The van der Waals surface area contributed by atoms with Crippen molar-refractivity contribution in [3.8, 4) is 0 Å². The molecule has 0 saturated heterocycles. The highest BCUT2D eigenvalue weighted by Crippen LogP contribution is 2.08. The minimum Gasteiger partial charge on any atom is -0.393 e. The van der Waals surface area contributed by atoms with E-state index < -0.39 is 0 Å². The summed E-state index contributed by atoms with van der Waals surface area (Å²) in [5.74, 6) is 0. The van der Waals surface area contributed by atoms with Gasteiger partial charge in [-0.25, -0.2) is 4.98 Å². The molecule has 1 aromatic heterocycles. The molecule has 11 heavy (non-hydrogen) atoms. The molecule has 1 heterocycles. The molecular formula is C7H12N2OS. The van der Waals surface area contributed by atoms with E-state index in [2.05, 4.69) is 4.98 Å². The Morgan fingerprint density at radius 3 is 3.09 bits per heavy atom. The van der Waals surface area contributed by atoms with E-state index >= 15 is 0 Å². The number of hydrogen-bond donors (Lipinski definition) is 2. The fraction of sp³-hybridized carbons (Fsp3) is 0.571. The van der Waals surface area contributed by atoms with Gasteiger partial charge in [0.05, 0.1) is 11.1 Å². The van der Waals surface area contributed by atoms with E-state index in [0.717, 1.165) is 5.01 Å². The van der Waals surface area contributed by atoms with Gasteiger partial charge in [0.2, 0.25) is 0 Å². The van der Waals surface area contributed by atoms with E-state index in [4.69, 9.17) is 5.73 Å². The largest absolute Gasteiger partial charge is 0.393 e. The number of nitrogens with two attached hydrogens (primary N) is 1. The topological polar surface area (TPSA) is 59.1 Å². The van der Waals surface area contributed by atoms with Crippen LogP contribution in [0.3, 0.4) is 0 Å². The SMILES string of the molecule is NCCC(O)Cc1nccs1. The van der Waals surface area contributed by atoms with Gasteiger partial charge >= 0.3 is 0 Å². The first-order valence-corrected chi connectivity index (χ1v) is 4.47. The van der Waals surface area contributed by atoms with Crippen molar-refractivity contribution in [2.45, 2.75) is 18.9 Å². The van der Waals surface area contributed by atoms with Crippen molar-refractivity contribution in [2.75, 3.05) is 6.54 Å². The van der Waals surface area contributed by atoms with E-state index in [-0.39, 0.29) is 6.10 Å². The maximum absolute atomic E-state index is 9.31. The van der Waals surface area contributed by atoms with Gasteiger partial charge in [0.1, 0.15) is 0 Å². The molecular weight excluding hydrogens is 160 g/mol. The number of hydrogen-bond acceptors (Lipinski definition) is 4. The van der Waals surface area contributed by atoms with Crippen molar-refractivity contribution >= 4 is 11.3 Å². The summed E-state index contributed by atoms with van der Waals surface area (Å²) in [6.07, 6.45) is 2.70. The lowest BCUT2D eigenvalue weighted by Gasteiger charge is -2.05. The molecule has 4 heteroatoms. The summed E-state index contributed by atoms with van der Waals surface area (Å²) < 4.78 is 0. The van der Waals surface area contributed by atoms with Crippen LogP contribution in [0, 0.1) is 0 Å². The Morgan fingerprint density at radius 2 is 2.55 bits per heavy atom.